The minimum atomic E-state index is -0.443. The average molecular weight is 321 g/mol. The number of nitrogens with zero attached hydrogens (tertiary/aromatic N) is 2. The Hall–Kier alpha value is -2.22. The highest BCUT2D eigenvalue weighted by Crippen LogP contribution is 2.35. The lowest BCUT2D eigenvalue weighted by atomic mass is 10.2. The maximum absolute atomic E-state index is 11.4. The normalized spacial score (nSPS) is 16.3. The number of thioether (sulfide) groups is 1. The van der Waals surface area contributed by atoms with Crippen LogP contribution in [-0.4, -0.2) is 35.0 Å². The van der Waals surface area contributed by atoms with Gasteiger partial charge in [-0.3, -0.25) is 4.79 Å². The third kappa shape index (κ3) is 3.33. The summed E-state index contributed by atoms with van der Waals surface area (Å²) in [6.07, 6.45) is -0.443. The van der Waals surface area contributed by atoms with E-state index in [2.05, 4.69) is 15.5 Å². The third-order valence-electron chi connectivity index (χ3n) is 2.91. The van der Waals surface area contributed by atoms with Crippen LogP contribution in [0.1, 0.15) is 18.9 Å². The number of ether oxygens (including phenoxy) is 2. The maximum atomic E-state index is 11.4. The van der Waals surface area contributed by atoms with Gasteiger partial charge in [0.1, 0.15) is 6.61 Å². The Balaban J connectivity index is 1.61. The van der Waals surface area contributed by atoms with Crippen molar-refractivity contribution >= 4 is 17.7 Å². The van der Waals surface area contributed by atoms with Crippen molar-refractivity contribution in [2.75, 3.05) is 18.9 Å². The Kier molecular flexibility index (Phi) is 4.47. The van der Waals surface area contributed by atoms with Gasteiger partial charge in [0, 0.05) is 6.54 Å². The van der Waals surface area contributed by atoms with Crippen LogP contribution in [0.4, 0.5) is 0 Å². The van der Waals surface area contributed by atoms with Gasteiger partial charge in [-0.1, -0.05) is 23.9 Å². The van der Waals surface area contributed by atoms with Crippen LogP contribution >= 0.6 is 11.8 Å². The van der Waals surface area contributed by atoms with Crippen molar-refractivity contribution in [2.45, 2.75) is 18.3 Å². The van der Waals surface area contributed by atoms with Gasteiger partial charge in [0.15, 0.2) is 11.5 Å². The van der Waals surface area contributed by atoms with Crippen molar-refractivity contribution in [3.05, 3.63) is 30.2 Å². The molecule has 3 rings (SSSR count). The number of carbonyl (C=O) groups excluding carboxylic acids is 1. The molecule has 0 saturated carbocycles. The van der Waals surface area contributed by atoms with Crippen molar-refractivity contribution in [3.8, 4) is 11.5 Å². The second kappa shape index (κ2) is 6.69. The molecule has 0 radical (unpaired) electrons. The molecule has 0 aliphatic carbocycles. The lowest BCUT2D eigenvalue weighted by Gasteiger charge is -2.23. The first-order chi connectivity index (χ1) is 10.8. The van der Waals surface area contributed by atoms with E-state index in [-0.39, 0.29) is 11.7 Å². The van der Waals surface area contributed by atoms with Crippen LogP contribution in [0.25, 0.3) is 0 Å². The van der Waals surface area contributed by atoms with E-state index in [0.717, 1.165) is 0 Å². The molecule has 0 saturated heterocycles. The van der Waals surface area contributed by atoms with Crippen LogP contribution in [0.3, 0.4) is 0 Å². The smallest absolute Gasteiger partial charge is 0.277 e. The molecule has 1 aliphatic rings. The SMILES string of the molecule is CCNC(=O)CSc1nnc([C@@H]2COc3ccccc3O2)o1. The number of fused-ring (bicyclic) bond motifs is 1. The third-order valence-corrected chi connectivity index (χ3v) is 3.73. The highest BCUT2D eigenvalue weighted by Gasteiger charge is 2.27. The van der Waals surface area contributed by atoms with Gasteiger partial charge < -0.3 is 19.2 Å². The number of rotatable bonds is 5. The van der Waals surface area contributed by atoms with Crippen LogP contribution < -0.4 is 14.8 Å². The van der Waals surface area contributed by atoms with Gasteiger partial charge in [-0.2, -0.15) is 0 Å². The summed E-state index contributed by atoms with van der Waals surface area (Å²) in [5.74, 6) is 1.85. The summed E-state index contributed by atoms with van der Waals surface area (Å²) >= 11 is 1.19. The Morgan fingerprint density at radius 3 is 3.00 bits per heavy atom. The molecule has 2 heterocycles. The molecule has 116 valence electrons. The largest absolute Gasteiger partial charge is 0.485 e. The summed E-state index contributed by atoms with van der Waals surface area (Å²) in [5, 5.41) is 10.9. The van der Waals surface area contributed by atoms with Crippen molar-refractivity contribution in [1.82, 2.24) is 15.5 Å². The molecular formula is C14H15N3O4S. The number of para-hydroxylation sites is 2. The van der Waals surface area contributed by atoms with Crippen molar-refractivity contribution in [1.29, 1.82) is 0 Å². The summed E-state index contributed by atoms with van der Waals surface area (Å²) in [6.45, 7) is 2.77. The Morgan fingerprint density at radius 1 is 1.36 bits per heavy atom. The molecule has 1 atom stereocenters. The maximum Gasteiger partial charge on any atom is 0.277 e. The first-order valence-electron chi connectivity index (χ1n) is 6.87. The van der Waals surface area contributed by atoms with Crippen LogP contribution in [0.15, 0.2) is 33.9 Å². The van der Waals surface area contributed by atoms with E-state index in [9.17, 15) is 4.79 Å². The summed E-state index contributed by atoms with van der Waals surface area (Å²) in [6, 6.07) is 7.41. The number of aromatic nitrogens is 2. The van der Waals surface area contributed by atoms with E-state index in [4.69, 9.17) is 13.9 Å². The highest BCUT2D eigenvalue weighted by atomic mass is 32.2. The summed E-state index contributed by atoms with van der Waals surface area (Å²) < 4.78 is 16.9. The Labute approximate surface area is 131 Å². The number of hydrogen-bond donors (Lipinski definition) is 1. The van der Waals surface area contributed by atoms with Gasteiger partial charge in [-0.25, -0.2) is 0 Å². The first-order valence-corrected chi connectivity index (χ1v) is 7.86. The molecule has 0 spiro atoms. The molecule has 1 aliphatic heterocycles. The number of benzene rings is 1. The fourth-order valence-corrected chi connectivity index (χ4v) is 2.53. The van der Waals surface area contributed by atoms with Crippen LogP contribution in [0.2, 0.25) is 0 Å². The molecule has 0 unspecified atom stereocenters. The molecule has 22 heavy (non-hydrogen) atoms. The predicted molar refractivity (Wildman–Crippen MR) is 79.0 cm³/mol. The van der Waals surface area contributed by atoms with E-state index in [1.165, 1.54) is 11.8 Å². The zero-order valence-electron chi connectivity index (χ0n) is 11.9. The van der Waals surface area contributed by atoms with Gasteiger partial charge in [0.05, 0.1) is 5.75 Å². The fourth-order valence-electron chi connectivity index (χ4n) is 1.93. The monoisotopic (exact) mass is 321 g/mol. The lowest BCUT2D eigenvalue weighted by molar-refractivity contribution is -0.118. The minimum Gasteiger partial charge on any atom is -0.485 e. The average Bonchev–Trinajstić information content (AvgIpc) is 3.02. The fraction of sp³-hybridized carbons (Fsp3) is 0.357. The molecule has 7 nitrogen and oxygen atoms in total. The van der Waals surface area contributed by atoms with Gasteiger partial charge in [0.25, 0.3) is 11.1 Å². The Bertz CT molecular complexity index is 661. The Morgan fingerprint density at radius 2 is 2.18 bits per heavy atom. The van der Waals surface area contributed by atoms with Crippen molar-refractivity contribution in [2.24, 2.45) is 0 Å². The number of hydrogen-bond acceptors (Lipinski definition) is 7. The van der Waals surface area contributed by atoms with Crippen molar-refractivity contribution in [3.63, 3.8) is 0 Å². The summed E-state index contributed by atoms with van der Waals surface area (Å²) in [7, 11) is 0. The van der Waals surface area contributed by atoms with E-state index < -0.39 is 6.10 Å². The molecule has 0 bridgehead atoms. The predicted octanol–water partition coefficient (Wildman–Crippen LogP) is 1.81. The van der Waals surface area contributed by atoms with Crippen LogP contribution in [0.5, 0.6) is 11.5 Å². The summed E-state index contributed by atoms with van der Waals surface area (Å²) in [5.41, 5.74) is 0. The lowest BCUT2D eigenvalue weighted by Crippen LogP contribution is -2.24. The standard InChI is InChI=1S/C14H15N3O4S/c1-2-15-12(18)8-22-14-17-16-13(21-14)11-7-19-9-5-3-4-6-10(9)20-11/h3-6,11H,2,7-8H2,1H3,(H,15,18)/t11-/m0/s1. The van der Waals surface area contributed by atoms with Gasteiger partial charge in [0.2, 0.25) is 12.0 Å². The second-order valence-corrected chi connectivity index (χ2v) is 5.44. The molecule has 1 N–H and O–H groups in total. The zero-order valence-corrected chi connectivity index (χ0v) is 12.8. The quantitative estimate of drug-likeness (QED) is 0.840. The highest BCUT2D eigenvalue weighted by molar-refractivity contribution is 7.99. The number of nitrogens with one attached hydrogen (secondary N) is 1. The molecule has 2 aromatic rings. The molecule has 1 aromatic carbocycles. The van der Waals surface area contributed by atoms with E-state index in [0.29, 0.717) is 35.8 Å². The van der Waals surface area contributed by atoms with Crippen LogP contribution in [-0.2, 0) is 4.79 Å². The molecule has 1 amide bonds. The zero-order chi connectivity index (χ0) is 15.4. The first kappa shape index (κ1) is 14.7. The number of amides is 1. The van der Waals surface area contributed by atoms with Crippen LogP contribution in [0, 0.1) is 0 Å². The van der Waals surface area contributed by atoms with Gasteiger partial charge in [-0.15, -0.1) is 10.2 Å². The second-order valence-electron chi connectivity index (χ2n) is 4.51. The van der Waals surface area contributed by atoms with E-state index in [1.807, 2.05) is 31.2 Å². The summed E-state index contributed by atoms with van der Waals surface area (Å²) in [4.78, 5) is 11.4. The van der Waals surface area contributed by atoms with Gasteiger partial charge >= 0.3 is 0 Å². The molecule has 1 aromatic heterocycles. The minimum absolute atomic E-state index is 0.0709. The number of carbonyl (C=O) groups is 1. The topological polar surface area (TPSA) is 86.5 Å². The van der Waals surface area contributed by atoms with Crippen molar-refractivity contribution < 1.29 is 18.7 Å². The van der Waals surface area contributed by atoms with E-state index in [1.54, 1.807) is 0 Å². The van der Waals surface area contributed by atoms with Gasteiger partial charge in [-0.05, 0) is 19.1 Å². The molecule has 0 fully saturated rings. The van der Waals surface area contributed by atoms with E-state index >= 15 is 0 Å². The molecule has 8 heteroatoms. The molecular weight excluding hydrogens is 306 g/mol.